The van der Waals surface area contributed by atoms with Gasteiger partial charge in [-0.3, -0.25) is 4.31 Å². The molecule has 6 heteroatoms. The predicted molar refractivity (Wildman–Crippen MR) is 91.6 cm³/mol. The number of hydrogen-bond donors (Lipinski definition) is 0. The van der Waals surface area contributed by atoms with E-state index in [4.69, 9.17) is 9.47 Å². The zero-order valence-corrected chi connectivity index (χ0v) is 14.3. The molecular weight excluding hydrogens is 314 g/mol. The van der Waals surface area contributed by atoms with Crippen molar-refractivity contribution in [3.8, 4) is 11.5 Å². The van der Waals surface area contributed by atoms with Gasteiger partial charge in [-0.1, -0.05) is 18.2 Å². The molecule has 0 aliphatic rings. The van der Waals surface area contributed by atoms with Gasteiger partial charge >= 0.3 is 0 Å². The number of methoxy groups -OCH3 is 2. The number of hydrogen-bond acceptors (Lipinski definition) is 4. The predicted octanol–water partition coefficient (Wildman–Crippen LogP) is 3.06. The number of ether oxygens (including phenoxy) is 2. The highest BCUT2D eigenvalue weighted by Crippen LogP contribution is 2.27. The summed E-state index contributed by atoms with van der Waals surface area (Å²) in [7, 11) is -0.271. The Morgan fingerprint density at radius 2 is 1.61 bits per heavy atom. The smallest absolute Gasteiger partial charge is 0.235 e. The maximum absolute atomic E-state index is 12.5. The van der Waals surface area contributed by atoms with Crippen LogP contribution in [0.2, 0.25) is 0 Å². The van der Waals surface area contributed by atoms with E-state index in [2.05, 4.69) is 0 Å². The summed E-state index contributed by atoms with van der Waals surface area (Å²) in [6.07, 6.45) is 0. The highest BCUT2D eigenvalue weighted by molar-refractivity contribution is 7.92. The van der Waals surface area contributed by atoms with Crippen molar-refractivity contribution in [1.29, 1.82) is 0 Å². The van der Waals surface area contributed by atoms with Gasteiger partial charge < -0.3 is 9.47 Å². The van der Waals surface area contributed by atoms with E-state index in [0.717, 1.165) is 5.56 Å². The van der Waals surface area contributed by atoms with Crippen molar-refractivity contribution in [2.75, 3.05) is 24.3 Å². The largest absolute Gasteiger partial charge is 0.497 e. The fourth-order valence-electron chi connectivity index (χ4n) is 2.24. The number of nitrogens with zero attached hydrogens (tertiary/aromatic N) is 1. The first-order valence-electron chi connectivity index (χ1n) is 7.28. The summed E-state index contributed by atoms with van der Waals surface area (Å²) in [6, 6.07) is 14.4. The second-order valence-corrected chi connectivity index (χ2v) is 7.10. The van der Waals surface area contributed by atoms with Crippen LogP contribution in [0.25, 0.3) is 0 Å². The molecule has 0 N–H and O–H groups in total. The molecule has 124 valence electrons. The maximum atomic E-state index is 12.5. The van der Waals surface area contributed by atoms with Crippen molar-refractivity contribution in [1.82, 2.24) is 0 Å². The van der Waals surface area contributed by atoms with Gasteiger partial charge in [0.05, 0.1) is 32.2 Å². The van der Waals surface area contributed by atoms with Gasteiger partial charge in [-0.15, -0.1) is 0 Å². The SMILES string of the molecule is CCS(=O)(=O)N(Cc1ccccc1OC)c1ccc(OC)cc1. The van der Waals surface area contributed by atoms with E-state index in [9.17, 15) is 8.42 Å². The molecule has 0 saturated carbocycles. The van der Waals surface area contributed by atoms with E-state index in [0.29, 0.717) is 17.2 Å². The molecule has 0 radical (unpaired) electrons. The lowest BCUT2D eigenvalue weighted by molar-refractivity contribution is 0.410. The topological polar surface area (TPSA) is 55.8 Å². The van der Waals surface area contributed by atoms with E-state index in [1.165, 1.54) is 4.31 Å². The summed E-state index contributed by atoms with van der Waals surface area (Å²) >= 11 is 0. The second kappa shape index (κ2) is 7.37. The molecule has 2 rings (SSSR count). The van der Waals surface area contributed by atoms with Crippen molar-refractivity contribution >= 4 is 15.7 Å². The summed E-state index contributed by atoms with van der Waals surface area (Å²) in [5.41, 5.74) is 1.40. The zero-order chi connectivity index (χ0) is 16.9. The lowest BCUT2D eigenvalue weighted by Gasteiger charge is -2.25. The molecule has 0 unspecified atom stereocenters. The Morgan fingerprint density at radius 3 is 2.17 bits per heavy atom. The quantitative estimate of drug-likeness (QED) is 0.780. The van der Waals surface area contributed by atoms with Gasteiger partial charge in [0.15, 0.2) is 0 Å². The molecule has 0 aliphatic carbocycles. The average molecular weight is 335 g/mol. The Morgan fingerprint density at radius 1 is 0.957 bits per heavy atom. The third-order valence-electron chi connectivity index (χ3n) is 3.57. The molecule has 0 spiro atoms. The second-order valence-electron chi connectivity index (χ2n) is 4.92. The first-order valence-corrected chi connectivity index (χ1v) is 8.89. The molecule has 2 aromatic carbocycles. The molecule has 0 aliphatic heterocycles. The monoisotopic (exact) mass is 335 g/mol. The van der Waals surface area contributed by atoms with Gasteiger partial charge in [0.25, 0.3) is 0 Å². The molecule has 0 atom stereocenters. The molecule has 0 aromatic heterocycles. The Bertz CT molecular complexity index is 741. The van der Waals surface area contributed by atoms with Gasteiger partial charge in [0, 0.05) is 5.56 Å². The van der Waals surface area contributed by atoms with Crippen LogP contribution in [-0.2, 0) is 16.6 Å². The third-order valence-corrected chi connectivity index (χ3v) is 5.31. The Hall–Kier alpha value is -2.21. The number of anilines is 1. The Balaban J connectivity index is 2.42. The molecule has 0 fully saturated rings. The minimum absolute atomic E-state index is 0.0220. The number of benzene rings is 2. The Labute approximate surface area is 137 Å². The molecule has 23 heavy (non-hydrogen) atoms. The van der Waals surface area contributed by atoms with E-state index in [-0.39, 0.29) is 12.3 Å². The summed E-state index contributed by atoms with van der Waals surface area (Å²) < 4.78 is 36.9. The number of sulfonamides is 1. The highest BCUT2D eigenvalue weighted by atomic mass is 32.2. The van der Waals surface area contributed by atoms with Crippen molar-refractivity contribution in [2.24, 2.45) is 0 Å². The average Bonchev–Trinajstić information content (AvgIpc) is 2.60. The highest BCUT2D eigenvalue weighted by Gasteiger charge is 2.22. The van der Waals surface area contributed by atoms with Crippen LogP contribution in [0.5, 0.6) is 11.5 Å². The molecule has 0 bridgehead atoms. The van der Waals surface area contributed by atoms with E-state index in [1.54, 1.807) is 45.4 Å². The molecule has 2 aromatic rings. The van der Waals surface area contributed by atoms with Crippen LogP contribution >= 0.6 is 0 Å². The minimum atomic E-state index is -3.42. The van der Waals surface area contributed by atoms with Crippen molar-refractivity contribution in [3.63, 3.8) is 0 Å². The lowest BCUT2D eigenvalue weighted by Crippen LogP contribution is -2.32. The standard InChI is InChI=1S/C17H21NO4S/c1-4-23(19,20)18(15-9-11-16(21-2)12-10-15)13-14-7-5-6-8-17(14)22-3/h5-12H,4,13H2,1-3H3. The van der Waals surface area contributed by atoms with E-state index in [1.807, 2.05) is 24.3 Å². The zero-order valence-electron chi connectivity index (χ0n) is 13.5. The molecular formula is C17H21NO4S. The first kappa shape index (κ1) is 17.1. The van der Waals surface area contributed by atoms with Crippen LogP contribution in [0, 0.1) is 0 Å². The maximum Gasteiger partial charge on any atom is 0.235 e. The van der Waals surface area contributed by atoms with Gasteiger partial charge in [0.1, 0.15) is 11.5 Å². The minimum Gasteiger partial charge on any atom is -0.497 e. The molecule has 0 saturated heterocycles. The summed E-state index contributed by atoms with van der Waals surface area (Å²) in [6.45, 7) is 1.85. The van der Waals surface area contributed by atoms with Gasteiger partial charge in [-0.25, -0.2) is 8.42 Å². The summed E-state index contributed by atoms with van der Waals surface area (Å²) in [4.78, 5) is 0. The van der Waals surface area contributed by atoms with Crippen molar-refractivity contribution in [3.05, 3.63) is 54.1 Å². The fraction of sp³-hybridized carbons (Fsp3) is 0.294. The van der Waals surface area contributed by atoms with Crippen LogP contribution < -0.4 is 13.8 Å². The van der Waals surface area contributed by atoms with E-state index >= 15 is 0 Å². The first-order chi connectivity index (χ1) is 11.0. The summed E-state index contributed by atoms with van der Waals surface area (Å²) in [5.74, 6) is 1.37. The molecule has 0 heterocycles. The Kier molecular flexibility index (Phi) is 5.50. The van der Waals surface area contributed by atoms with Crippen LogP contribution in [0.3, 0.4) is 0 Å². The normalized spacial score (nSPS) is 11.1. The fourth-order valence-corrected chi connectivity index (χ4v) is 3.33. The lowest BCUT2D eigenvalue weighted by atomic mass is 10.2. The number of para-hydroxylation sites is 1. The van der Waals surface area contributed by atoms with Gasteiger partial charge in [-0.05, 0) is 37.3 Å². The van der Waals surface area contributed by atoms with Gasteiger partial charge in [-0.2, -0.15) is 0 Å². The van der Waals surface area contributed by atoms with Crippen molar-refractivity contribution in [2.45, 2.75) is 13.5 Å². The van der Waals surface area contributed by atoms with Crippen LogP contribution in [0.4, 0.5) is 5.69 Å². The van der Waals surface area contributed by atoms with Crippen molar-refractivity contribution < 1.29 is 17.9 Å². The van der Waals surface area contributed by atoms with Crippen LogP contribution in [-0.4, -0.2) is 28.4 Å². The number of rotatable bonds is 7. The van der Waals surface area contributed by atoms with E-state index < -0.39 is 10.0 Å². The summed E-state index contributed by atoms with van der Waals surface area (Å²) in [5, 5.41) is 0. The molecule has 0 amide bonds. The van der Waals surface area contributed by atoms with Crippen LogP contribution in [0.1, 0.15) is 12.5 Å². The van der Waals surface area contributed by atoms with Crippen LogP contribution in [0.15, 0.2) is 48.5 Å². The van der Waals surface area contributed by atoms with Gasteiger partial charge in [0.2, 0.25) is 10.0 Å². The third kappa shape index (κ3) is 3.96. The molecule has 5 nitrogen and oxygen atoms in total.